The van der Waals surface area contributed by atoms with Crippen LogP contribution in [0.1, 0.15) is 56.7 Å². The zero-order chi connectivity index (χ0) is 12.4. The minimum atomic E-state index is 0.354. The van der Waals surface area contributed by atoms with Gasteiger partial charge in [-0.25, -0.2) is 4.98 Å². The van der Waals surface area contributed by atoms with Crippen LogP contribution >= 0.6 is 11.6 Å². The van der Waals surface area contributed by atoms with Crippen LogP contribution in [0.25, 0.3) is 0 Å². The van der Waals surface area contributed by atoms with Crippen LogP contribution in [-0.4, -0.2) is 28.0 Å². The van der Waals surface area contributed by atoms with Crippen LogP contribution < -0.4 is 4.90 Å². The van der Waals surface area contributed by atoms with Gasteiger partial charge in [0.1, 0.15) is 5.82 Å². The maximum absolute atomic E-state index is 6.06. The Morgan fingerprint density at radius 1 is 0.889 bits per heavy atom. The molecule has 0 aromatic carbocycles. The highest BCUT2D eigenvalue weighted by Gasteiger charge is 2.22. The molecule has 0 atom stereocenters. The Kier molecular flexibility index (Phi) is 3.64. The van der Waals surface area contributed by atoms with E-state index in [4.69, 9.17) is 11.6 Å². The third-order valence-electron chi connectivity index (χ3n) is 3.97. The summed E-state index contributed by atoms with van der Waals surface area (Å²) in [6, 6.07) is 0. The van der Waals surface area contributed by atoms with E-state index in [0.717, 1.165) is 24.9 Å². The van der Waals surface area contributed by atoms with E-state index in [1.807, 2.05) is 0 Å². The predicted octanol–water partition coefficient (Wildman–Crippen LogP) is 3.17. The number of nitrogens with zero attached hydrogens (tertiary/aromatic N) is 4. The maximum Gasteiger partial charge on any atom is 0.229 e. The highest BCUT2D eigenvalue weighted by Crippen LogP contribution is 2.31. The van der Waals surface area contributed by atoms with E-state index in [2.05, 4.69) is 19.9 Å². The highest BCUT2D eigenvalue weighted by molar-refractivity contribution is 6.28. The maximum atomic E-state index is 6.06. The van der Waals surface area contributed by atoms with E-state index in [1.165, 1.54) is 44.9 Å². The van der Waals surface area contributed by atoms with Crippen molar-refractivity contribution in [2.45, 2.75) is 50.9 Å². The fourth-order valence-corrected chi connectivity index (χ4v) is 3.12. The molecule has 3 rings (SSSR count). The number of aromatic nitrogens is 3. The van der Waals surface area contributed by atoms with Crippen LogP contribution in [0.4, 0.5) is 5.95 Å². The Balaban J connectivity index is 1.84. The first-order valence-electron chi connectivity index (χ1n) is 6.99. The topological polar surface area (TPSA) is 41.9 Å². The Labute approximate surface area is 113 Å². The van der Waals surface area contributed by atoms with Crippen LogP contribution in [0.3, 0.4) is 0 Å². The van der Waals surface area contributed by atoms with Gasteiger partial charge in [-0.3, -0.25) is 0 Å². The van der Waals surface area contributed by atoms with E-state index in [9.17, 15) is 0 Å². The quantitative estimate of drug-likeness (QED) is 0.825. The molecule has 5 heteroatoms. The van der Waals surface area contributed by atoms with Gasteiger partial charge in [0.05, 0.1) is 0 Å². The van der Waals surface area contributed by atoms with Crippen molar-refractivity contribution in [3.63, 3.8) is 0 Å². The van der Waals surface area contributed by atoms with Crippen molar-refractivity contribution < 1.29 is 0 Å². The molecule has 0 amide bonds. The molecule has 98 valence electrons. The molecule has 4 nitrogen and oxygen atoms in total. The van der Waals surface area contributed by atoms with Crippen molar-refractivity contribution in [3.8, 4) is 0 Å². The smallest absolute Gasteiger partial charge is 0.229 e. The van der Waals surface area contributed by atoms with Crippen LogP contribution in [0.5, 0.6) is 0 Å². The van der Waals surface area contributed by atoms with E-state index >= 15 is 0 Å². The second-order valence-electron chi connectivity index (χ2n) is 5.29. The summed E-state index contributed by atoms with van der Waals surface area (Å²) in [6.45, 7) is 2.09. The molecule has 0 radical (unpaired) electrons. The van der Waals surface area contributed by atoms with E-state index in [1.54, 1.807) is 0 Å². The summed E-state index contributed by atoms with van der Waals surface area (Å²) in [6.07, 6.45) is 8.75. The van der Waals surface area contributed by atoms with Gasteiger partial charge in [0, 0.05) is 19.0 Å². The molecular formula is C13H19ClN4. The first kappa shape index (κ1) is 12.2. The monoisotopic (exact) mass is 266 g/mol. The van der Waals surface area contributed by atoms with Gasteiger partial charge in [-0.05, 0) is 37.3 Å². The minimum absolute atomic E-state index is 0.354. The summed E-state index contributed by atoms with van der Waals surface area (Å²) < 4.78 is 0. The Hall–Kier alpha value is -0.900. The van der Waals surface area contributed by atoms with Gasteiger partial charge in [-0.15, -0.1) is 0 Å². The molecule has 2 heterocycles. The Bertz CT molecular complexity index is 411. The highest BCUT2D eigenvalue weighted by atomic mass is 35.5. The van der Waals surface area contributed by atoms with Crippen molar-refractivity contribution in [1.82, 2.24) is 15.0 Å². The summed E-state index contributed by atoms with van der Waals surface area (Å²) in [5.74, 6) is 2.19. The second-order valence-corrected chi connectivity index (χ2v) is 5.63. The van der Waals surface area contributed by atoms with Crippen LogP contribution in [0.2, 0.25) is 5.28 Å². The third-order valence-corrected chi connectivity index (χ3v) is 4.14. The lowest BCUT2D eigenvalue weighted by Gasteiger charge is -2.22. The molecule has 2 aliphatic rings. The average Bonchev–Trinajstić information content (AvgIpc) is 2.93. The first-order chi connectivity index (χ1) is 8.83. The number of anilines is 1. The standard InChI is InChI=1S/C13H19ClN4/c14-12-15-11(10-6-2-1-3-7-10)16-13(17-12)18-8-4-5-9-18/h10H,1-9H2. The van der Waals surface area contributed by atoms with E-state index in [0.29, 0.717) is 11.2 Å². The fourth-order valence-electron chi connectivity index (χ4n) is 2.96. The largest absolute Gasteiger partial charge is 0.341 e. The van der Waals surface area contributed by atoms with Crippen molar-refractivity contribution in [3.05, 3.63) is 11.1 Å². The van der Waals surface area contributed by atoms with Gasteiger partial charge in [0.2, 0.25) is 11.2 Å². The predicted molar refractivity (Wildman–Crippen MR) is 72.1 cm³/mol. The minimum Gasteiger partial charge on any atom is -0.341 e. The van der Waals surface area contributed by atoms with Gasteiger partial charge in [-0.2, -0.15) is 9.97 Å². The second kappa shape index (κ2) is 5.39. The lowest BCUT2D eigenvalue weighted by Crippen LogP contribution is -2.22. The lowest BCUT2D eigenvalue weighted by atomic mass is 9.89. The van der Waals surface area contributed by atoms with E-state index in [-0.39, 0.29) is 0 Å². The number of hydrogen-bond acceptors (Lipinski definition) is 4. The van der Waals surface area contributed by atoms with Crippen molar-refractivity contribution >= 4 is 17.5 Å². The SMILES string of the molecule is Clc1nc(C2CCCCC2)nc(N2CCCC2)n1. The molecule has 1 saturated heterocycles. The lowest BCUT2D eigenvalue weighted by molar-refractivity contribution is 0.427. The molecule has 0 bridgehead atoms. The van der Waals surface area contributed by atoms with Crippen LogP contribution in [0.15, 0.2) is 0 Å². The fraction of sp³-hybridized carbons (Fsp3) is 0.769. The van der Waals surface area contributed by atoms with Gasteiger partial charge in [0.15, 0.2) is 0 Å². The Morgan fingerprint density at radius 2 is 1.61 bits per heavy atom. The zero-order valence-corrected chi connectivity index (χ0v) is 11.4. The number of rotatable bonds is 2. The summed E-state index contributed by atoms with van der Waals surface area (Å²) >= 11 is 6.06. The molecule has 1 saturated carbocycles. The molecule has 0 N–H and O–H groups in total. The summed E-state index contributed by atoms with van der Waals surface area (Å²) in [5, 5.41) is 0.354. The summed E-state index contributed by atoms with van der Waals surface area (Å²) in [7, 11) is 0. The van der Waals surface area contributed by atoms with Crippen molar-refractivity contribution in [2.24, 2.45) is 0 Å². The molecule has 0 spiro atoms. The number of halogens is 1. The molecule has 1 aliphatic carbocycles. The molecule has 1 aromatic heterocycles. The zero-order valence-electron chi connectivity index (χ0n) is 10.6. The summed E-state index contributed by atoms with van der Waals surface area (Å²) in [4.78, 5) is 15.5. The molecule has 0 unspecified atom stereocenters. The molecule has 2 fully saturated rings. The van der Waals surface area contributed by atoms with Crippen molar-refractivity contribution in [2.75, 3.05) is 18.0 Å². The van der Waals surface area contributed by atoms with Gasteiger partial charge in [-0.1, -0.05) is 19.3 Å². The number of hydrogen-bond donors (Lipinski definition) is 0. The third kappa shape index (κ3) is 2.58. The summed E-state index contributed by atoms with van der Waals surface area (Å²) in [5.41, 5.74) is 0. The van der Waals surface area contributed by atoms with Gasteiger partial charge >= 0.3 is 0 Å². The van der Waals surface area contributed by atoms with Gasteiger partial charge < -0.3 is 4.90 Å². The first-order valence-corrected chi connectivity index (χ1v) is 7.37. The Morgan fingerprint density at radius 3 is 2.33 bits per heavy atom. The van der Waals surface area contributed by atoms with Gasteiger partial charge in [0.25, 0.3) is 0 Å². The average molecular weight is 267 g/mol. The molecule has 18 heavy (non-hydrogen) atoms. The van der Waals surface area contributed by atoms with Crippen LogP contribution in [-0.2, 0) is 0 Å². The normalized spacial score (nSPS) is 21.5. The van der Waals surface area contributed by atoms with E-state index < -0.39 is 0 Å². The van der Waals surface area contributed by atoms with Crippen LogP contribution in [0, 0.1) is 0 Å². The molecule has 1 aromatic rings. The van der Waals surface area contributed by atoms with Crippen molar-refractivity contribution in [1.29, 1.82) is 0 Å². The molecule has 1 aliphatic heterocycles. The molecular weight excluding hydrogens is 248 g/mol.